The molecule has 0 aliphatic carbocycles. The Morgan fingerprint density at radius 1 is 1.41 bits per heavy atom. The van der Waals surface area contributed by atoms with E-state index in [2.05, 4.69) is 28.4 Å². The third-order valence-electron chi connectivity index (χ3n) is 2.80. The van der Waals surface area contributed by atoms with Crippen molar-refractivity contribution in [1.29, 1.82) is 0 Å². The zero-order chi connectivity index (χ0) is 12.3. The lowest BCUT2D eigenvalue weighted by molar-refractivity contribution is 0.380. The van der Waals surface area contributed by atoms with E-state index in [0.717, 1.165) is 23.7 Å². The fourth-order valence-corrected chi connectivity index (χ4v) is 1.66. The minimum Gasteiger partial charge on any atom is -0.361 e. The topological polar surface area (TPSA) is 51.0 Å². The number of aromatic nitrogens is 2. The molecule has 17 heavy (non-hydrogen) atoms. The third-order valence-corrected chi connectivity index (χ3v) is 2.80. The molecule has 2 aromatic rings. The molecule has 0 amide bonds. The highest BCUT2D eigenvalue weighted by atomic mass is 16.5. The van der Waals surface area contributed by atoms with E-state index in [4.69, 9.17) is 4.52 Å². The van der Waals surface area contributed by atoms with Crippen molar-refractivity contribution in [3.8, 4) is 0 Å². The van der Waals surface area contributed by atoms with Crippen LogP contribution in [0.2, 0.25) is 0 Å². The molecule has 0 aliphatic rings. The highest BCUT2D eigenvalue weighted by Gasteiger charge is 2.10. The standard InChI is InChI=1S/C13H17N3O/c1-9-7-13(16-17-9)11(3)15-8-12-5-4-6-14-10(12)2/h4-7,11,15H,8H2,1-3H3. The van der Waals surface area contributed by atoms with Crippen LogP contribution < -0.4 is 5.32 Å². The SMILES string of the molecule is Cc1cc(C(C)NCc2cccnc2C)no1. The summed E-state index contributed by atoms with van der Waals surface area (Å²) in [6.45, 7) is 6.77. The number of aryl methyl sites for hydroxylation is 2. The summed E-state index contributed by atoms with van der Waals surface area (Å²) in [5, 5.41) is 7.40. The van der Waals surface area contributed by atoms with Crippen LogP contribution in [0.5, 0.6) is 0 Å². The second-order valence-electron chi connectivity index (χ2n) is 4.21. The van der Waals surface area contributed by atoms with Gasteiger partial charge in [0, 0.05) is 24.5 Å². The summed E-state index contributed by atoms with van der Waals surface area (Å²) < 4.78 is 5.06. The monoisotopic (exact) mass is 231 g/mol. The molecule has 2 rings (SSSR count). The molecule has 2 aromatic heterocycles. The molecule has 1 unspecified atom stereocenters. The maximum absolute atomic E-state index is 5.06. The van der Waals surface area contributed by atoms with E-state index < -0.39 is 0 Å². The maximum Gasteiger partial charge on any atom is 0.133 e. The summed E-state index contributed by atoms with van der Waals surface area (Å²) in [6.07, 6.45) is 1.81. The summed E-state index contributed by atoms with van der Waals surface area (Å²) in [7, 11) is 0. The molecular formula is C13H17N3O. The minimum atomic E-state index is 0.173. The van der Waals surface area contributed by atoms with Gasteiger partial charge in [0.2, 0.25) is 0 Å². The van der Waals surface area contributed by atoms with Gasteiger partial charge in [-0.05, 0) is 32.4 Å². The van der Waals surface area contributed by atoms with E-state index in [1.54, 1.807) is 0 Å². The van der Waals surface area contributed by atoms with Crippen molar-refractivity contribution in [3.63, 3.8) is 0 Å². The Labute approximate surface area is 101 Å². The number of nitrogens with zero attached hydrogens (tertiary/aromatic N) is 2. The molecule has 1 atom stereocenters. The lowest BCUT2D eigenvalue weighted by atomic mass is 10.1. The summed E-state index contributed by atoms with van der Waals surface area (Å²) >= 11 is 0. The molecule has 4 nitrogen and oxygen atoms in total. The predicted molar refractivity (Wildman–Crippen MR) is 65.5 cm³/mol. The molecule has 90 valence electrons. The van der Waals surface area contributed by atoms with Crippen LogP contribution in [0.25, 0.3) is 0 Å². The highest BCUT2D eigenvalue weighted by molar-refractivity contribution is 5.18. The van der Waals surface area contributed by atoms with E-state index in [1.807, 2.05) is 32.2 Å². The summed E-state index contributed by atoms with van der Waals surface area (Å²) in [4.78, 5) is 4.26. The molecule has 0 fully saturated rings. The van der Waals surface area contributed by atoms with Crippen LogP contribution in [0.4, 0.5) is 0 Å². The van der Waals surface area contributed by atoms with Crippen molar-refractivity contribution in [2.24, 2.45) is 0 Å². The van der Waals surface area contributed by atoms with E-state index in [-0.39, 0.29) is 6.04 Å². The first kappa shape index (κ1) is 11.8. The lowest BCUT2D eigenvalue weighted by Gasteiger charge is -2.11. The molecular weight excluding hydrogens is 214 g/mol. The Kier molecular flexibility index (Phi) is 3.54. The van der Waals surface area contributed by atoms with Crippen molar-refractivity contribution < 1.29 is 4.52 Å². The normalized spacial score (nSPS) is 12.6. The Bertz CT molecular complexity index is 493. The van der Waals surface area contributed by atoms with E-state index in [9.17, 15) is 0 Å². The number of pyridine rings is 1. The van der Waals surface area contributed by atoms with Crippen molar-refractivity contribution >= 4 is 0 Å². The summed E-state index contributed by atoms with van der Waals surface area (Å²) in [6, 6.07) is 6.16. The van der Waals surface area contributed by atoms with Gasteiger partial charge in [-0.15, -0.1) is 0 Å². The van der Waals surface area contributed by atoms with Crippen LogP contribution in [-0.2, 0) is 6.54 Å². The molecule has 0 aromatic carbocycles. The molecule has 0 spiro atoms. The molecule has 4 heteroatoms. The molecule has 0 aliphatic heterocycles. The Morgan fingerprint density at radius 2 is 2.24 bits per heavy atom. The van der Waals surface area contributed by atoms with Gasteiger partial charge in [0.1, 0.15) is 11.5 Å². The van der Waals surface area contributed by atoms with Gasteiger partial charge in [-0.1, -0.05) is 11.2 Å². The molecule has 0 saturated carbocycles. The van der Waals surface area contributed by atoms with Crippen LogP contribution in [0, 0.1) is 13.8 Å². The van der Waals surface area contributed by atoms with Crippen LogP contribution in [0.1, 0.15) is 35.7 Å². The maximum atomic E-state index is 5.06. The first-order valence-corrected chi connectivity index (χ1v) is 5.74. The van der Waals surface area contributed by atoms with Gasteiger partial charge >= 0.3 is 0 Å². The van der Waals surface area contributed by atoms with Gasteiger partial charge in [0.05, 0.1) is 6.04 Å². The quantitative estimate of drug-likeness (QED) is 0.878. The van der Waals surface area contributed by atoms with Gasteiger partial charge in [0.15, 0.2) is 0 Å². The number of rotatable bonds is 4. The minimum absolute atomic E-state index is 0.173. The Morgan fingerprint density at radius 3 is 2.88 bits per heavy atom. The second-order valence-corrected chi connectivity index (χ2v) is 4.21. The first-order chi connectivity index (χ1) is 8.16. The average Bonchev–Trinajstić information content (AvgIpc) is 2.74. The molecule has 1 N–H and O–H groups in total. The summed E-state index contributed by atoms with van der Waals surface area (Å²) in [5.74, 6) is 0.839. The average molecular weight is 231 g/mol. The number of hydrogen-bond acceptors (Lipinski definition) is 4. The lowest BCUT2D eigenvalue weighted by Crippen LogP contribution is -2.19. The highest BCUT2D eigenvalue weighted by Crippen LogP contribution is 2.13. The predicted octanol–water partition coefficient (Wildman–Crippen LogP) is 2.54. The molecule has 0 saturated heterocycles. The van der Waals surface area contributed by atoms with Gasteiger partial charge in [-0.25, -0.2) is 0 Å². The molecule has 2 heterocycles. The van der Waals surface area contributed by atoms with Gasteiger partial charge < -0.3 is 9.84 Å². The third kappa shape index (κ3) is 2.91. The van der Waals surface area contributed by atoms with E-state index in [0.29, 0.717) is 0 Å². The van der Waals surface area contributed by atoms with Crippen molar-refractivity contribution in [2.45, 2.75) is 33.4 Å². The summed E-state index contributed by atoms with van der Waals surface area (Å²) in [5.41, 5.74) is 3.20. The van der Waals surface area contributed by atoms with Crippen LogP contribution in [-0.4, -0.2) is 10.1 Å². The fourth-order valence-electron chi connectivity index (χ4n) is 1.66. The zero-order valence-electron chi connectivity index (χ0n) is 10.4. The first-order valence-electron chi connectivity index (χ1n) is 5.74. The fraction of sp³-hybridized carbons (Fsp3) is 0.385. The smallest absolute Gasteiger partial charge is 0.133 e. The van der Waals surface area contributed by atoms with Crippen LogP contribution in [0.3, 0.4) is 0 Å². The number of hydrogen-bond donors (Lipinski definition) is 1. The van der Waals surface area contributed by atoms with Crippen LogP contribution >= 0.6 is 0 Å². The van der Waals surface area contributed by atoms with Crippen LogP contribution in [0.15, 0.2) is 28.9 Å². The molecule has 0 radical (unpaired) electrons. The number of nitrogens with one attached hydrogen (secondary N) is 1. The van der Waals surface area contributed by atoms with Gasteiger partial charge in [-0.2, -0.15) is 0 Å². The van der Waals surface area contributed by atoms with E-state index >= 15 is 0 Å². The Hall–Kier alpha value is -1.68. The molecule has 0 bridgehead atoms. The van der Waals surface area contributed by atoms with Gasteiger partial charge in [-0.3, -0.25) is 4.98 Å². The van der Waals surface area contributed by atoms with Crippen molar-refractivity contribution in [2.75, 3.05) is 0 Å². The zero-order valence-corrected chi connectivity index (χ0v) is 10.4. The largest absolute Gasteiger partial charge is 0.361 e. The van der Waals surface area contributed by atoms with Crippen molar-refractivity contribution in [1.82, 2.24) is 15.5 Å². The van der Waals surface area contributed by atoms with Crippen molar-refractivity contribution in [3.05, 3.63) is 47.1 Å². The Balaban J connectivity index is 1.97. The van der Waals surface area contributed by atoms with Gasteiger partial charge in [0.25, 0.3) is 0 Å². The van der Waals surface area contributed by atoms with E-state index in [1.165, 1.54) is 5.56 Å². The second kappa shape index (κ2) is 5.10.